The van der Waals surface area contributed by atoms with Crippen LogP contribution in [0.15, 0.2) is 23.1 Å². The molecular formula is C17H25NO3. The number of unbranched alkanes of at least 4 members (excludes halogenated alkanes) is 1. The highest BCUT2D eigenvalue weighted by molar-refractivity contribution is 5.72. The van der Waals surface area contributed by atoms with Gasteiger partial charge in [0.25, 0.3) is 5.56 Å². The molecule has 1 saturated carbocycles. The largest absolute Gasteiger partial charge is 0.465 e. The molecule has 4 heteroatoms. The Labute approximate surface area is 126 Å². The number of aromatic nitrogens is 1. The number of aryl methyl sites for hydroxylation is 1. The lowest BCUT2D eigenvalue weighted by Gasteiger charge is -2.11. The molecular weight excluding hydrogens is 266 g/mol. The molecule has 4 nitrogen and oxygen atoms in total. The summed E-state index contributed by atoms with van der Waals surface area (Å²) in [5.74, 6) is 0.508. The Bertz CT molecular complexity index is 535. The van der Waals surface area contributed by atoms with Gasteiger partial charge >= 0.3 is 5.97 Å². The van der Waals surface area contributed by atoms with Gasteiger partial charge in [0.1, 0.15) is 0 Å². The summed E-state index contributed by atoms with van der Waals surface area (Å²) in [7, 11) is 1.75. The van der Waals surface area contributed by atoms with Crippen LogP contribution in [0.25, 0.3) is 0 Å². The Hall–Kier alpha value is -1.58. The van der Waals surface area contributed by atoms with Gasteiger partial charge in [-0.05, 0) is 49.7 Å². The summed E-state index contributed by atoms with van der Waals surface area (Å²) in [5, 5.41) is 0. The smallest absolute Gasteiger partial charge is 0.308 e. The lowest BCUT2D eigenvalue weighted by molar-refractivity contribution is -0.148. The van der Waals surface area contributed by atoms with Gasteiger partial charge < -0.3 is 9.30 Å². The number of carbonyl (C=O) groups excluding carboxylic acids is 1. The van der Waals surface area contributed by atoms with Gasteiger partial charge in [0.2, 0.25) is 0 Å². The minimum Gasteiger partial charge on any atom is -0.465 e. The average Bonchev–Trinajstić information content (AvgIpc) is 2.92. The van der Waals surface area contributed by atoms with Crippen LogP contribution < -0.4 is 5.56 Å². The molecule has 0 bridgehead atoms. The first-order valence-electron chi connectivity index (χ1n) is 7.92. The molecule has 1 aliphatic rings. The van der Waals surface area contributed by atoms with Crippen LogP contribution in [-0.2, 0) is 23.0 Å². The fraction of sp³-hybridized carbons (Fsp3) is 0.647. The van der Waals surface area contributed by atoms with Crippen LogP contribution in [0.3, 0.4) is 0 Å². The van der Waals surface area contributed by atoms with E-state index in [2.05, 4.69) is 6.92 Å². The minimum absolute atomic E-state index is 0.0287. The van der Waals surface area contributed by atoms with Gasteiger partial charge in [0, 0.05) is 19.3 Å². The average molecular weight is 291 g/mol. The second-order valence-corrected chi connectivity index (χ2v) is 6.09. The maximum atomic E-state index is 11.9. The monoisotopic (exact) mass is 291 g/mol. The quantitative estimate of drug-likeness (QED) is 0.598. The van der Waals surface area contributed by atoms with E-state index in [-0.39, 0.29) is 17.4 Å². The number of hydrogen-bond acceptors (Lipinski definition) is 3. The molecule has 1 aromatic heterocycles. The standard InChI is InChI=1S/C17H25NO3/c1-3-4-9-21-17(20)15-6-5-13(11-15)10-14-7-8-18(2)16(19)12-14/h7-8,12-13,15H,3-6,9-11H2,1-2H3/t13-,15+/m0/s1. The van der Waals surface area contributed by atoms with Crippen molar-refractivity contribution in [1.82, 2.24) is 4.57 Å². The summed E-state index contributed by atoms with van der Waals surface area (Å²) in [4.78, 5) is 23.6. The molecule has 0 spiro atoms. The third kappa shape index (κ3) is 4.45. The Morgan fingerprint density at radius 3 is 2.95 bits per heavy atom. The molecule has 0 amide bonds. The second-order valence-electron chi connectivity index (χ2n) is 6.09. The van der Waals surface area contributed by atoms with Crippen molar-refractivity contribution >= 4 is 5.97 Å². The van der Waals surface area contributed by atoms with Crippen LogP contribution in [0, 0.1) is 11.8 Å². The predicted octanol–water partition coefficient (Wildman–Crippen LogP) is 2.69. The molecule has 0 aliphatic heterocycles. The van der Waals surface area contributed by atoms with Gasteiger partial charge in [-0.25, -0.2) is 0 Å². The van der Waals surface area contributed by atoms with Gasteiger partial charge in [-0.15, -0.1) is 0 Å². The molecule has 21 heavy (non-hydrogen) atoms. The number of esters is 1. The number of pyridine rings is 1. The number of hydrogen-bond donors (Lipinski definition) is 0. The molecule has 0 saturated heterocycles. The first-order chi connectivity index (χ1) is 10.1. The number of carbonyl (C=O) groups is 1. The molecule has 0 radical (unpaired) electrons. The van der Waals surface area contributed by atoms with Gasteiger partial charge in [0.15, 0.2) is 0 Å². The van der Waals surface area contributed by atoms with Crippen molar-refractivity contribution in [3.05, 3.63) is 34.2 Å². The van der Waals surface area contributed by atoms with Crippen LogP contribution in [0.5, 0.6) is 0 Å². The Morgan fingerprint density at radius 2 is 2.24 bits per heavy atom. The van der Waals surface area contributed by atoms with E-state index in [0.29, 0.717) is 12.5 Å². The third-order valence-electron chi connectivity index (χ3n) is 4.31. The van der Waals surface area contributed by atoms with E-state index in [1.807, 2.05) is 12.3 Å². The van der Waals surface area contributed by atoms with Crippen LogP contribution in [0.1, 0.15) is 44.6 Å². The molecule has 1 heterocycles. The molecule has 1 fully saturated rings. The molecule has 1 aliphatic carbocycles. The van der Waals surface area contributed by atoms with Crippen molar-refractivity contribution in [1.29, 1.82) is 0 Å². The molecule has 0 aromatic carbocycles. The normalized spacial score (nSPS) is 21.4. The molecule has 0 N–H and O–H groups in total. The third-order valence-corrected chi connectivity index (χ3v) is 4.31. The molecule has 1 aromatic rings. The highest BCUT2D eigenvalue weighted by atomic mass is 16.5. The molecule has 116 valence electrons. The maximum absolute atomic E-state index is 11.9. The topological polar surface area (TPSA) is 48.3 Å². The van der Waals surface area contributed by atoms with E-state index in [4.69, 9.17) is 4.74 Å². The van der Waals surface area contributed by atoms with Crippen molar-refractivity contribution in [3.8, 4) is 0 Å². The van der Waals surface area contributed by atoms with Crippen molar-refractivity contribution in [2.75, 3.05) is 6.61 Å². The number of nitrogens with zero attached hydrogens (tertiary/aromatic N) is 1. The highest BCUT2D eigenvalue weighted by Crippen LogP contribution is 2.33. The maximum Gasteiger partial charge on any atom is 0.308 e. The summed E-state index contributed by atoms with van der Waals surface area (Å²) in [6.07, 6.45) is 7.53. The Balaban J connectivity index is 1.83. The van der Waals surface area contributed by atoms with Crippen LogP contribution in [0.4, 0.5) is 0 Å². The number of ether oxygens (including phenoxy) is 1. The predicted molar refractivity (Wildman–Crippen MR) is 82.1 cm³/mol. The Kier molecular flexibility index (Phi) is 5.59. The van der Waals surface area contributed by atoms with Crippen molar-refractivity contribution < 1.29 is 9.53 Å². The summed E-state index contributed by atoms with van der Waals surface area (Å²) in [6.45, 7) is 2.63. The molecule has 2 rings (SSSR count). The van der Waals surface area contributed by atoms with Crippen molar-refractivity contribution in [2.45, 2.75) is 45.4 Å². The minimum atomic E-state index is -0.0325. The molecule has 2 atom stereocenters. The van der Waals surface area contributed by atoms with Gasteiger partial charge in [0.05, 0.1) is 12.5 Å². The zero-order valence-electron chi connectivity index (χ0n) is 13.0. The summed E-state index contributed by atoms with van der Waals surface area (Å²) in [5.41, 5.74) is 1.10. The fourth-order valence-electron chi connectivity index (χ4n) is 2.96. The second kappa shape index (κ2) is 7.43. The van der Waals surface area contributed by atoms with E-state index in [9.17, 15) is 9.59 Å². The van der Waals surface area contributed by atoms with Crippen LogP contribution in [0.2, 0.25) is 0 Å². The highest BCUT2D eigenvalue weighted by Gasteiger charge is 2.30. The lowest BCUT2D eigenvalue weighted by atomic mass is 9.97. The zero-order valence-corrected chi connectivity index (χ0v) is 13.0. The molecule has 0 unspecified atom stereocenters. The zero-order chi connectivity index (χ0) is 15.2. The number of rotatable bonds is 6. The van der Waals surface area contributed by atoms with Crippen molar-refractivity contribution in [3.63, 3.8) is 0 Å². The van der Waals surface area contributed by atoms with E-state index >= 15 is 0 Å². The Morgan fingerprint density at radius 1 is 1.43 bits per heavy atom. The van der Waals surface area contributed by atoms with E-state index in [1.165, 1.54) is 0 Å². The summed E-state index contributed by atoms with van der Waals surface area (Å²) >= 11 is 0. The van der Waals surface area contributed by atoms with Gasteiger partial charge in [-0.1, -0.05) is 13.3 Å². The fourth-order valence-corrected chi connectivity index (χ4v) is 2.96. The van der Waals surface area contributed by atoms with E-state index in [1.54, 1.807) is 17.7 Å². The van der Waals surface area contributed by atoms with Gasteiger partial charge in [-0.3, -0.25) is 9.59 Å². The van der Waals surface area contributed by atoms with E-state index < -0.39 is 0 Å². The summed E-state index contributed by atoms with van der Waals surface area (Å²) in [6, 6.07) is 3.70. The lowest BCUT2D eigenvalue weighted by Crippen LogP contribution is -2.17. The van der Waals surface area contributed by atoms with Gasteiger partial charge in [-0.2, -0.15) is 0 Å². The summed E-state index contributed by atoms with van der Waals surface area (Å²) < 4.78 is 6.88. The van der Waals surface area contributed by atoms with Crippen molar-refractivity contribution in [2.24, 2.45) is 18.9 Å². The first-order valence-corrected chi connectivity index (χ1v) is 7.92. The van der Waals surface area contributed by atoms with E-state index in [0.717, 1.165) is 44.1 Å². The van der Waals surface area contributed by atoms with Crippen LogP contribution in [-0.4, -0.2) is 17.1 Å². The SMILES string of the molecule is CCCCOC(=O)[C@@H]1CC[C@@H](Cc2ccn(C)c(=O)c2)C1. The first kappa shape index (κ1) is 15.8. The van der Waals surface area contributed by atoms with Crippen LogP contribution >= 0.6 is 0 Å².